The van der Waals surface area contributed by atoms with Gasteiger partial charge >= 0.3 is 0 Å². The maximum absolute atomic E-state index is 2.48. The van der Waals surface area contributed by atoms with E-state index in [2.05, 4.69) is 172 Å². The second kappa shape index (κ2) is 9.72. The third-order valence-corrected chi connectivity index (χ3v) is 14.3. The fraction of sp³-hybridized carbons (Fsp3) is 0.106. The van der Waals surface area contributed by atoms with E-state index in [0.717, 1.165) is 0 Å². The molecular formula is C47H36S. The first-order valence-electron chi connectivity index (χ1n) is 16.9. The molecule has 0 radical (unpaired) electrons. The van der Waals surface area contributed by atoms with Gasteiger partial charge < -0.3 is 0 Å². The van der Waals surface area contributed by atoms with Crippen molar-refractivity contribution in [3.8, 4) is 44.5 Å². The highest BCUT2D eigenvalue weighted by molar-refractivity contribution is 8.33. The quantitative estimate of drug-likeness (QED) is 0.166. The zero-order chi connectivity index (χ0) is 32.4. The molecule has 2 aliphatic rings. The maximum atomic E-state index is 2.48. The summed E-state index contributed by atoms with van der Waals surface area (Å²) in [6.45, 7) is 4.76. The van der Waals surface area contributed by atoms with Gasteiger partial charge in [-0.05, 0) is 119 Å². The molecule has 10 rings (SSSR count). The topological polar surface area (TPSA) is 0 Å². The molecule has 0 bridgehead atoms. The van der Waals surface area contributed by atoms with Gasteiger partial charge in [-0.1, -0.05) is 141 Å². The lowest BCUT2D eigenvalue weighted by atomic mass is 9.68. The third-order valence-electron chi connectivity index (χ3n) is 11.4. The molecule has 1 aliphatic carbocycles. The second-order valence-electron chi connectivity index (χ2n) is 14.4. The van der Waals surface area contributed by atoms with Gasteiger partial charge in [0.15, 0.2) is 0 Å². The van der Waals surface area contributed by atoms with Crippen molar-refractivity contribution in [1.29, 1.82) is 0 Å². The van der Waals surface area contributed by atoms with Crippen molar-refractivity contribution >= 4 is 42.3 Å². The Kier molecular flexibility index (Phi) is 5.66. The van der Waals surface area contributed by atoms with Crippen molar-refractivity contribution in [2.75, 3.05) is 12.5 Å². The van der Waals surface area contributed by atoms with E-state index in [1.807, 2.05) is 0 Å². The number of hydrogen-bond acceptors (Lipinski definition) is 0. The van der Waals surface area contributed by atoms with E-state index in [1.54, 1.807) is 0 Å². The highest BCUT2D eigenvalue weighted by Gasteiger charge is 2.34. The largest absolute Gasteiger partial charge is 0.192 e. The zero-order valence-electron chi connectivity index (χ0n) is 27.8. The zero-order valence-corrected chi connectivity index (χ0v) is 28.6. The summed E-state index contributed by atoms with van der Waals surface area (Å²) in [5, 5.41) is 7.92. The summed E-state index contributed by atoms with van der Waals surface area (Å²) in [7, 11) is -1.04. The van der Waals surface area contributed by atoms with E-state index in [4.69, 9.17) is 0 Å². The average molecular weight is 633 g/mol. The van der Waals surface area contributed by atoms with Gasteiger partial charge in [-0.25, -0.2) is 0 Å². The predicted molar refractivity (Wildman–Crippen MR) is 209 cm³/mol. The molecule has 0 amide bonds. The van der Waals surface area contributed by atoms with E-state index >= 15 is 0 Å². The molecule has 1 heterocycles. The predicted octanol–water partition coefficient (Wildman–Crippen LogP) is 13.2. The Labute approximate surface area is 284 Å². The Morgan fingerprint density at radius 1 is 0.396 bits per heavy atom. The smallest absolute Gasteiger partial charge is 0.0159 e. The summed E-state index contributed by atoms with van der Waals surface area (Å²) in [5.41, 5.74) is 13.4. The Morgan fingerprint density at radius 2 is 0.938 bits per heavy atom. The van der Waals surface area contributed by atoms with E-state index in [-0.39, 0.29) is 5.41 Å². The van der Waals surface area contributed by atoms with Crippen molar-refractivity contribution in [1.82, 2.24) is 0 Å². The normalized spacial score (nSPS) is 15.7. The van der Waals surface area contributed by atoms with Crippen LogP contribution < -0.4 is 0 Å². The fourth-order valence-electron chi connectivity index (χ4n) is 9.10. The van der Waals surface area contributed by atoms with Crippen molar-refractivity contribution in [2.45, 2.75) is 29.1 Å². The SMILES string of the molecule is CC1(C)c2ccccc2-c2ccc(-c3c4ccccc4c(-c4ccc5c(c4)-c4ccccc4S5(C)C)c4ccccc34)c3cccc1c23. The number of hydrogen-bond donors (Lipinski definition) is 0. The van der Waals surface area contributed by atoms with Crippen LogP contribution in [0.25, 0.3) is 76.8 Å². The molecule has 0 saturated carbocycles. The monoisotopic (exact) mass is 632 g/mol. The van der Waals surface area contributed by atoms with E-state index in [0.29, 0.717) is 0 Å². The number of fused-ring (bicyclic) bond motifs is 7. The minimum Gasteiger partial charge on any atom is -0.192 e. The number of benzene rings is 8. The molecule has 0 nitrogen and oxygen atoms in total. The molecule has 0 saturated heterocycles. The van der Waals surface area contributed by atoms with Crippen LogP contribution in [0, 0.1) is 0 Å². The lowest BCUT2D eigenvalue weighted by molar-refractivity contribution is 0.645. The molecule has 0 N–H and O–H groups in total. The molecular weight excluding hydrogens is 597 g/mol. The van der Waals surface area contributed by atoms with Crippen LogP contribution in [-0.2, 0) is 5.41 Å². The third kappa shape index (κ3) is 3.58. The van der Waals surface area contributed by atoms with Crippen molar-refractivity contribution in [3.05, 3.63) is 157 Å². The number of rotatable bonds is 2. The summed E-state index contributed by atoms with van der Waals surface area (Å²) in [6.07, 6.45) is 4.88. The molecule has 1 aliphatic heterocycles. The highest BCUT2D eigenvalue weighted by atomic mass is 32.3. The molecule has 0 aromatic heterocycles. The van der Waals surface area contributed by atoms with E-state index in [1.165, 1.54) is 97.7 Å². The van der Waals surface area contributed by atoms with Gasteiger partial charge in [0, 0.05) is 15.2 Å². The van der Waals surface area contributed by atoms with Crippen LogP contribution in [0.4, 0.5) is 0 Å². The summed E-state index contributed by atoms with van der Waals surface area (Å²) in [4.78, 5) is 2.99. The summed E-state index contributed by atoms with van der Waals surface area (Å²) in [5.74, 6) is 0. The Morgan fingerprint density at radius 3 is 1.67 bits per heavy atom. The first-order valence-corrected chi connectivity index (χ1v) is 19.4. The van der Waals surface area contributed by atoms with Crippen LogP contribution in [0.2, 0.25) is 0 Å². The molecule has 0 spiro atoms. The summed E-state index contributed by atoms with van der Waals surface area (Å²) in [6, 6.07) is 55.2. The van der Waals surface area contributed by atoms with Crippen LogP contribution >= 0.6 is 10.0 Å². The first-order chi connectivity index (χ1) is 23.4. The molecule has 8 aromatic rings. The van der Waals surface area contributed by atoms with Gasteiger partial charge in [0.05, 0.1) is 0 Å². The van der Waals surface area contributed by atoms with Crippen LogP contribution in [-0.4, -0.2) is 12.5 Å². The lowest BCUT2D eigenvalue weighted by Crippen LogP contribution is -2.23. The maximum Gasteiger partial charge on any atom is 0.0159 e. The van der Waals surface area contributed by atoms with E-state index < -0.39 is 10.0 Å². The van der Waals surface area contributed by atoms with Crippen LogP contribution in [0.5, 0.6) is 0 Å². The van der Waals surface area contributed by atoms with Crippen molar-refractivity contribution < 1.29 is 0 Å². The van der Waals surface area contributed by atoms with Gasteiger partial charge in [0.25, 0.3) is 0 Å². The van der Waals surface area contributed by atoms with Gasteiger partial charge in [-0.15, -0.1) is 0 Å². The molecule has 0 fully saturated rings. The molecule has 8 aromatic carbocycles. The second-order valence-corrected chi connectivity index (χ2v) is 18.0. The van der Waals surface area contributed by atoms with Gasteiger partial charge in [0.1, 0.15) is 0 Å². The van der Waals surface area contributed by atoms with Crippen molar-refractivity contribution in [3.63, 3.8) is 0 Å². The van der Waals surface area contributed by atoms with E-state index in [9.17, 15) is 0 Å². The van der Waals surface area contributed by atoms with Crippen LogP contribution in [0.1, 0.15) is 25.0 Å². The molecule has 0 atom stereocenters. The lowest BCUT2D eigenvalue weighted by Gasteiger charge is -2.35. The average Bonchev–Trinajstić information content (AvgIpc) is 3.35. The Hall–Kier alpha value is -5.11. The van der Waals surface area contributed by atoms with Crippen LogP contribution in [0.15, 0.2) is 155 Å². The summed E-state index contributed by atoms with van der Waals surface area (Å²) < 4.78 is 0. The minimum absolute atomic E-state index is 0.0851. The minimum atomic E-state index is -1.04. The Bertz CT molecular complexity index is 2610. The molecule has 230 valence electrons. The highest BCUT2D eigenvalue weighted by Crippen LogP contribution is 2.67. The molecule has 1 heteroatoms. The van der Waals surface area contributed by atoms with Crippen LogP contribution in [0.3, 0.4) is 0 Å². The fourth-order valence-corrected chi connectivity index (χ4v) is 11.6. The van der Waals surface area contributed by atoms with Gasteiger partial charge in [0.2, 0.25) is 0 Å². The summed E-state index contributed by atoms with van der Waals surface area (Å²) >= 11 is 0. The standard InChI is InChI=1S/C47H36S/c1-47(2)40-21-11-9-14-30(40)37-25-26-38(36-20-13-22-41(47)46(36)37)45-34-18-7-5-16-32(34)44(33-17-6-8-19-35(33)45)29-24-27-43-39(28-29)31-15-10-12-23-42(31)48(43,3)4/h5-28H,1-4H3. The Balaban J connectivity index is 1.29. The van der Waals surface area contributed by atoms with Gasteiger partial charge in [-0.2, -0.15) is 10.0 Å². The van der Waals surface area contributed by atoms with Crippen molar-refractivity contribution in [2.24, 2.45) is 0 Å². The first kappa shape index (κ1) is 28.0. The van der Waals surface area contributed by atoms with Gasteiger partial charge in [-0.3, -0.25) is 0 Å². The molecule has 0 unspecified atom stereocenters. The molecule has 48 heavy (non-hydrogen) atoms.